The summed E-state index contributed by atoms with van der Waals surface area (Å²) in [6, 6.07) is 5.72. The topological polar surface area (TPSA) is 55.5 Å². The largest absolute Gasteiger partial charge is 0.504 e. The third-order valence-electron chi connectivity index (χ3n) is 2.25. The first-order valence-electron chi connectivity index (χ1n) is 5.34. The number of phenols is 1. The minimum absolute atomic E-state index is 0.153. The molecule has 0 aliphatic carbocycles. The molecule has 0 heterocycles. The molecule has 3 N–H and O–H groups in total. The Morgan fingerprint density at radius 3 is 2.80 bits per heavy atom. The van der Waals surface area contributed by atoms with Crippen molar-refractivity contribution in [1.82, 2.24) is 0 Å². The summed E-state index contributed by atoms with van der Waals surface area (Å²) in [6.45, 7) is 4.42. The van der Waals surface area contributed by atoms with Crippen molar-refractivity contribution < 1.29 is 9.84 Å². The smallest absolute Gasteiger partial charge is 0.161 e. The van der Waals surface area contributed by atoms with Crippen LogP contribution in [0.3, 0.4) is 0 Å². The molecule has 3 heteroatoms. The third kappa shape index (κ3) is 3.44. The van der Waals surface area contributed by atoms with Gasteiger partial charge in [-0.05, 0) is 38.3 Å². The summed E-state index contributed by atoms with van der Waals surface area (Å²) < 4.78 is 5.30. The van der Waals surface area contributed by atoms with Crippen molar-refractivity contribution in [2.24, 2.45) is 5.73 Å². The van der Waals surface area contributed by atoms with Gasteiger partial charge >= 0.3 is 0 Å². The molecule has 0 aliphatic rings. The van der Waals surface area contributed by atoms with Crippen molar-refractivity contribution in [3.05, 3.63) is 23.8 Å². The summed E-state index contributed by atoms with van der Waals surface area (Å²) in [6.07, 6.45) is 1.65. The number of hydrogen-bond acceptors (Lipinski definition) is 3. The number of aryl methyl sites for hydroxylation is 1. The molecule has 84 valence electrons. The van der Waals surface area contributed by atoms with Gasteiger partial charge < -0.3 is 15.6 Å². The number of nitrogens with two attached hydrogens (primary N) is 1. The Kier molecular flexibility index (Phi) is 4.43. The Labute approximate surface area is 90.9 Å². The van der Waals surface area contributed by atoms with Crippen LogP contribution in [-0.2, 0) is 6.42 Å². The van der Waals surface area contributed by atoms with Gasteiger partial charge in [-0.3, -0.25) is 0 Å². The first kappa shape index (κ1) is 11.9. The lowest BCUT2D eigenvalue weighted by atomic mass is 10.1. The monoisotopic (exact) mass is 209 g/mol. The lowest BCUT2D eigenvalue weighted by Crippen LogP contribution is -2.15. The van der Waals surface area contributed by atoms with E-state index in [0.29, 0.717) is 12.4 Å². The number of para-hydroxylation sites is 1. The summed E-state index contributed by atoms with van der Waals surface area (Å²) in [7, 11) is 0. The first-order valence-corrected chi connectivity index (χ1v) is 5.34. The third-order valence-corrected chi connectivity index (χ3v) is 2.25. The van der Waals surface area contributed by atoms with Gasteiger partial charge in [0.1, 0.15) is 0 Å². The van der Waals surface area contributed by atoms with E-state index in [0.717, 1.165) is 18.4 Å². The highest BCUT2D eigenvalue weighted by atomic mass is 16.5. The Morgan fingerprint density at radius 1 is 1.47 bits per heavy atom. The summed E-state index contributed by atoms with van der Waals surface area (Å²) >= 11 is 0. The highest BCUT2D eigenvalue weighted by molar-refractivity contribution is 5.45. The number of benzene rings is 1. The van der Waals surface area contributed by atoms with Crippen LogP contribution in [0.1, 0.15) is 25.8 Å². The molecule has 1 aromatic rings. The van der Waals surface area contributed by atoms with Gasteiger partial charge in [0, 0.05) is 6.04 Å². The van der Waals surface area contributed by atoms with E-state index < -0.39 is 0 Å². The standard InChI is InChI=1S/C12H19NO2/c1-3-15-11-6-4-5-10(12(11)14)8-7-9(2)13/h4-6,9,14H,3,7-8,13H2,1-2H3/t9-/m1/s1. The number of phenolic OH excluding ortho intramolecular Hbond substituents is 1. The van der Waals surface area contributed by atoms with Crippen LogP contribution in [0.2, 0.25) is 0 Å². The van der Waals surface area contributed by atoms with Crippen LogP contribution in [0.15, 0.2) is 18.2 Å². The van der Waals surface area contributed by atoms with Gasteiger partial charge in [0.2, 0.25) is 0 Å². The van der Waals surface area contributed by atoms with Gasteiger partial charge in [-0.15, -0.1) is 0 Å². The quantitative estimate of drug-likeness (QED) is 0.780. The average molecular weight is 209 g/mol. The maximum absolute atomic E-state index is 9.87. The second-order valence-electron chi connectivity index (χ2n) is 3.71. The van der Waals surface area contributed by atoms with Crippen molar-refractivity contribution in [2.45, 2.75) is 32.7 Å². The Hall–Kier alpha value is -1.22. The van der Waals surface area contributed by atoms with Crippen molar-refractivity contribution in [1.29, 1.82) is 0 Å². The summed E-state index contributed by atoms with van der Waals surface area (Å²) in [5.74, 6) is 0.805. The molecule has 1 atom stereocenters. The molecule has 15 heavy (non-hydrogen) atoms. The minimum atomic E-state index is 0.153. The Balaban J connectivity index is 2.75. The van der Waals surface area contributed by atoms with E-state index in [2.05, 4.69) is 0 Å². The fourth-order valence-corrected chi connectivity index (χ4v) is 1.42. The zero-order chi connectivity index (χ0) is 11.3. The summed E-state index contributed by atoms with van der Waals surface area (Å²) in [5, 5.41) is 9.87. The lowest BCUT2D eigenvalue weighted by Gasteiger charge is -2.10. The Morgan fingerprint density at radius 2 is 2.20 bits per heavy atom. The lowest BCUT2D eigenvalue weighted by molar-refractivity contribution is 0.316. The highest BCUT2D eigenvalue weighted by Crippen LogP contribution is 2.30. The van der Waals surface area contributed by atoms with Crippen LogP contribution in [0.25, 0.3) is 0 Å². The summed E-state index contributed by atoms with van der Waals surface area (Å²) in [5.41, 5.74) is 6.58. The van der Waals surface area contributed by atoms with Crippen LogP contribution < -0.4 is 10.5 Å². The highest BCUT2D eigenvalue weighted by Gasteiger charge is 2.07. The maximum atomic E-state index is 9.87. The molecule has 0 bridgehead atoms. The predicted molar refractivity (Wildman–Crippen MR) is 61.2 cm³/mol. The van der Waals surface area contributed by atoms with E-state index in [-0.39, 0.29) is 11.8 Å². The van der Waals surface area contributed by atoms with E-state index in [1.807, 2.05) is 26.0 Å². The van der Waals surface area contributed by atoms with Gasteiger partial charge in [-0.2, -0.15) is 0 Å². The summed E-state index contributed by atoms with van der Waals surface area (Å²) in [4.78, 5) is 0. The van der Waals surface area contributed by atoms with Crippen LogP contribution >= 0.6 is 0 Å². The van der Waals surface area contributed by atoms with Gasteiger partial charge in [0.05, 0.1) is 6.61 Å². The van der Waals surface area contributed by atoms with Crippen LogP contribution in [-0.4, -0.2) is 17.8 Å². The normalized spacial score (nSPS) is 12.5. The Bertz CT molecular complexity index is 310. The zero-order valence-corrected chi connectivity index (χ0v) is 9.36. The number of hydrogen-bond donors (Lipinski definition) is 2. The first-order chi connectivity index (χ1) is 7.15. The molecule has 1 aromatic carbocycles. The molecular formula is C12H19NO2. The van der Waals surface area contributed by atoms with Crippen LogP contribution in [0.5, 0.6) is 11.5 Å². The van der Waals surface area contributed by atoms with Gasteiger partial charge in [0.15, 0.2) is 11.5 Å². The second kappa shape index (κ2) is 5.61. The van der Waals surface area contributed by atoms with Gasteiger partial charge in [0.25, 0.3) is 0 Å². The molecule has 0 saturated carbocycles. The molecule has 0 saturated heterocycles. The van der Waals surface area contributed by atoms with Crippen LogP contribution in [0.4, 0.5) is 0 Å². The van der Waals surface area contributed by atoms with Crippen LogP contribution in [0, 0.1) is 0 Å². The van der Waals surface area contributed by atoms with Gasteiger partial charge in [-0.25, -0.2) is 0 Å². The van der Waals surface area contributed by atoms with Crippen molar-refractivity contribution in [2.75, 3.05) is 6.61 Å². The molecular weight excluding hydrogens is 190 g/mol. The van der Waals surface area contributed by atoms with E-state index in [1.165, 1.54) is 0 Å². The van der Waals surface area contributed by atoms with E-state index in [4.69, 9.17) is 10.5 Å². The molecule has 0 amide bonds. The molecule has 0 spiro atoms. The number of ether oxygens (including phenoxy) is 1. The molecule has 0 aliphatic heterocycles. The second-order valence-corrected chi connectivity index (χ2v) is 3.71. The fraction of sp³-hybridized carbons (Fsp3) is 0.500. The predicted octanol–water partition coefficient (Wildman–Crippen LogP) is 2.07. The van der Waals surface area contributed by atoms with E-state index in [1.54, 1.807) is 6.07 Å². The van der Waals surface area contributed by atoms with Crippen molar-refractivity contribution >= 4 is 0 Å². The zero-order valence-electron chi connectivity index (χ0n) is 9.36. The molecule has 0 unspecified atom stereocenters. The molecule has 0 aromatic heterocycles. The maximum Gasteiger partial charge on any atom is 0.161 e. The average Bonchev–Trinajstić information content (AvgIpc) is 2.19. The van der Waals surface area contributed by atoms with Gasteiger partial charge in [-0.1, -0.05) is 12.1 Å². The molecule has 1 rings (SSSR count). The molecule has 0 fully saturated rings. The number of rotatable bonds is 5. The SMILES string of the molecule is CCOc1cccc(CC[C@@H](C)N)c1O. The van der Waals surface area contributed by atoms with Crippen molar-refractivity contribution in [3.8, 4) is 11.5 Å². The molecule has 3 nitrogen and oxygen atoms in total. The number of aromatic hydroxyl groups is 1. The van der Waals surface area contributed by atoms with Crippen molar-refractivity contribution in [3.63, 3.8) is 0 Å². The molecule has 0 radical (unpaired) electrons. The minimum Gasteiger partial charge on any atom is -0.504 e. The van der Waals surface area contributed by atoms with E-state index >= 15 is 0 Å². The fourth-order valence-electron chi connectivity index (χ4n) is 1.42. The van der Waals surface area contributed by atoms with E-state index in [9.17, 15) is 5.11 Å².